The molecule has 7 heteroatoms. The molecule has 158 valence electrons. The molecule has 5 nitrogen and oxygen atoms in total. The fraction of sp³-hybridized carbons (Fsp3) is 0.208. The van der Waals surface area contributed by atoms with E-state index < -0.39 is 5.97 Å². The largest absolute Gasteiger partial charge is 0.453 e. The second-order valence-corrected chi connectivity index (χ2v) is 8.58. The molecule has 0 radical (unpaired) electrons. The highest BCUT2D eigenvalue weighted by Crippen LogP contribution is 2.31. The van der Waals surface area contributed by atoms with Crippen LogP contribution in [-0.4, -0.2) is 28.1 Å². The summed E-state index contributed by atoms with van der Waals surface area (Å²) in [7, 11) is 0. The van der Waals surface area contributed by atoms with Gasteiger partial charge in [-0.15, -0.1) is 11.3 Å². The van der Waals surface area contributed by atoms with Crippen molar-refractivity contribution >= 4 is 33.3 Å². The second-order valence-electron chi connectivity index (χ2n) is 7.55. The number of benzene rings is 2. The van der Waals surface area contributed by atoms with E-state index in [1.54, 1.807) is 22.9 Å². The summed E-state index contributed by atoms with van der Waals surface area (Å²) in [6.07, 6.45) is 0. The minimum Gasteiger partial charge on any atom is -0.453 e. The molecule has 0 bridgehead atoms. The molecule has 0 atom stereocenters. The van der Waals surface area contributed by atoms with Crippen molar-refractivity contribution in [3.63, 3.8) is 0 Å². The number of carbonyl (C=O) groups excluding carboxylic acids is 2. The van der Waals surface area contributed by atoms with E-state index >= 15 is 0 Å². The van der Waals surface area contributed by atoms with Crippen LogP contribution in [0.4, 0.5) is 4.39 Å². The Morgan fingerprint density at radius 2 is 1.68 bits per heavy atom. The summed E-state index contributed by atoms with van der Waals surface area (Å²) in [6.45, 7) is 7.34. The lowest BCUT2D eigenvalue weighted by Gasteiger charge is -2.09. The number of thiophene rings is 1. The average molecular weight is 437 g/mol. The first kappa shape index (κ1) is 20.9. The first-order valence-corrected chi connectivity index (χ1v) is 10.6. The van der Waals surface area contributed by atoms with Crippen LogP contribution in [0.1, 0.15) is 42.4 Å². The molecule has 4 rings (SSSR count). The minimum atomic E-state index is -0.555. The number of fused-ring (bicyclic) bond motifs is 1. The summed E-state index contributed by atoms with van der Waals surface area (Å²) in [4.78, 5) is 26.3. The van der Waals surface area contributed by atoms with E-state index in [0.717, 1.165) is 32.6 Å². The number of aromatic nitrogens is 2. The number of nitrogens with zero attached hydrogens (tertiary/aromatic N) is 2. The number of esters is 1. The maximum Gasteiger partial charge on any atom is 0.348 e. The van der Waals surface area contributed by atoms with Gasteiger partial charge in [-0.25, -0.2) is 13.9 Å². The fourth-order valence-electron chi connectivity index (χ4n) is 3.45. The standard InChI is InChI=1S/C24H21FN2O3S/c1-13-9-15(3)19(10-14(13)2)21(28)12-30-24(29)22-11-20-16(4)26-27(23(20)31-22)18-7-5-17(25)6-8-18/h5-11H,12H2,1-4H3. The third-order valence-corrected chi connectivity index (χ3v) is 6.38. The first-order valence-electron chi connectivity index (χ1n) is 9.78. The number of ether oxygens (including phenoxy) is 1. The van der Waals surface area contributed by atoms with Gasteiger partial charge in [0.1, 0.15) is 15.5 Å². The molecule has 2 aromatic carbocycles. The van der Waals surface area contributed by atoms with E-state index in [2.05, 4.69) is 5.10 Å². The average Bonchev–Trinajstić information content (AvgIpc) is 3.30. The van der Waals surface area contributed by atoms with Crippen molar-refractivity contribution in [2.45, 2.75) is 27.7 Å². The quantitative estimate of drug-likeness (QED) is 0.306. The Kier molecular flexibility index (Phi) is 5.45. The summed E-state index contributed by atoms with van der Waals surface area (Å²) in [5, 5.41) is 5.30. The van der Waals surface area contributed by atoms with Gasteiger partial charge >= 0.3 is 5.97 Å². The monoisotopic (exact) mass is 436 g/mol. The molecule has 0 unspecified atom stereocenters. The van der Waals surface area contributed by atoms with Gasteiger partial charge < -0.3 is 4.74 Å². The summed E-state index contributed by atoms with van der Waals surface area (Å²) in [5.41, 5.74) is 5.00. The van der Waals surface area contributed by atoms with E-state index in [-0.39, 0.29) is 18.2 Å². The van der Waals surface area contributed by atoms with E-state index in [0.29, 0.717) is 16.1 Å². The van der Waals surface area contributed by atoms with Gasteiger partial charge in [0.15, 0.2) is 6.61 Å². The summed E-state index contributed by atoms with van der Waals surface area (Å²) >= 11 is 1.23. The Morgan fingerprint density at radius 3 is 2.39 bits per heavy atom. The predicted molar refractivity (Wildman–Crippen MR) is 119 cm³/mol. The lowest BCUT2D eigenvalue weighted by atomic mass is 9.98. The number of aryl methyl sites for hydroxylation is 4. The van der Waals surface area contributed by atoms with Gasteiger partial charge in [-0.1, -0.05) is 6.07 Å². The molecule has 2 aromatic heterocycles. The predicted octanol–water partition coefficient (Wildman–Crippen LogP) is 5.50. The van der Waals surface area contributed by atoms with Crippen molar-refractivity contribution in [1.82, 2.24) is 9.78 Å². The highest BCUT2D eigenvalue weighted by atomic mass is 32.1. The van der Waals surface area contributed by atoms with Crippen molar-refractivity contribution < 1.29 is 18.7 Å². The number of rotatable bonds is 5. The number of Topliss-reactive ketones (excluding diaryl/α,β-unsaturated/α-hetero) is 1. The SMILES string of the molecule is Cc1cc(C)c(C(=O)COC(=O)c2cc3c(C)nn(-c4ccc(F)cc4)c3s2)cc1C. The molecular formula is C24H21FN2O3S. The van der Waals surface area contributed by atoms with E-state index in [9.17, 15) is 14.0 Å². The Morgan fingerprint density at radius 1 is 1.00 bits per heavy atom. The normalized spacial score (nSPS) is 11.1. The molecule has 0 aliphatic rings. The number of halogens is 1. The topological polar surface area (TPSA) is 61.2 Å². The van der Waals surface area contributed by atoms with E-state index in [1.807, 2.05) is 39.8 Å². The fourth-order valence-corrected chi connectivity index (χ4v) is 4.52. The second kappa shape index (κ2) is 8.07. The van der Waals surface area contributed by atoms with Crippen LogP contribution in [0.2, 0.25) is 0 Å². The third-order valence-electron chi connectivity index (χ3n) is 5.29. The van der Waals surface area contributed by atoms with E-state index in [4.69, 9.17) is 4.74 Å². The van der Waals surface area contributed by atoms with E-state index in [1.165, 1.54) is 23.5 Å². The van der Waals surface area contributed by atoms with Crippen molar-refractivity contribution in [3.8, 4) is 5.69 Å². The lowest BCUT2D eigenvalue weighted by Crippen LogP contribution is -2.15. The van der Waals surface area contributed by atoms with Gasteiger partial charge in [-0.05, 0) is 80.8 Å². The van der Waals surface area contributed by atoms with Crippen LogP contribution in [0.3, 0.4) is 0 Å². The van der Waals surface area contributed by atoms with Crippen LogP contribution in [0.15, 0.2) is 42.5 Å². The van der Waals surface area contributed by atoms with Crippen molar-refractivity contribution in [2.24, 2.45) is 0 Å². The third kappa shape index (κ3) is 4.01. The van der Waals surface area contributed by atoms with Gasteiger partial charge in [0.05, 0.1) is 11.4 Å². The maximum absolute atomic E-state index is 13.3. The molecular weight excluding hydrogens is 415 g/mol. The zero-order valence-corrected chi connectivity index (χ0v) is 18.5. The first-order chi connectivity index (χ1) is 14.7. The number of hydrogen-bond donors (Lipinski definition) is 0. The molecule has 2 heterocycles. The summed E-state index contributed by atoms with van der Waals surface area (Å²) in [5.74, 6) is -1.12. The van der Waals surface area contributed by atoms with Crippen LogP contribution < -0.4 is 0 Å². The Bertz CT molecular complexity index is 1320. The van der Waals surface area contributed by atoms with Crippen LogP contribution in [0, 0.1) is 33.5 Å². The summed E-state index contributed by atoms with van der Waals surface area (Å²) < 4.78 is 20.2. The molecule has 0 fully saturated rings. The molecule has 0 N–H and O–H groups in total. The zero-order valence-electron chi connectivity index (χ0n) is 17.7. The van der Waals surface area contributed by atoms with Gasteiger partial charge in [0.2, 0.25) is 5.78 Å². The maximum atomic E-state index is 13.3. The number of ketones is 1. The molecule has 0 saturated heterocycles. The smallest absolute Gasteiger partial charge is 0.348 e. The molecule has 0 aliphatic carbocycles. The molecule has 0 aliphatic heterocycles. The van der Waals surface area contributed by atoms with Crippen molar-refractivity contribution in [3.05, 3.63) is 81.1 Å². The highest BCUT2D eigenvalue weighted by molar-refractivity contribution is 7.20. The molecule has 0 spiro atoms. The molecule has 31 heavy (non-hydrogen) atoms. The molecule has 4 aromatic rings. The van der Waals surface area contributed by atoms with Crippen LogP contribution in [-0.2, 0) is 4.74 Å². The van der Waals surface area contributed by atoms with Crippen LogP contribution >= 0.6 is 11.3 Å². The lowest BCUT2D eigenvalue weighted by molar-refractivity contribution is 0.0479. The Hall–Kier alpha value is -3.32. The Labute approximate surface area is 183 Å². The van der Waals surface area contributed by atoms with Crippen LogP contribution in [0.25, 0.3) is 15.9 Å². The van der Waals surface area contributed by atoms with Crippen LogP contribution in [0.5, 0.6) is 0 Å². The van der Waals surface area contributed by atoms with Crippen molar-refractivity contribution in [1.29, 1.82) is 0 Å². The molecule has 0 saturated carbocycles. The molecule has 0 amide bonds. The van der Waals surface area contributed by atoms with Gasteiger partial charge in [0, 0.05) is 10.9 Å². The zero-order chi connectivity index (χ0) is 22.3. The van der Waals surface area contributed by atoms with Crippen molar-refractivity contribution in [2.75, 3.05) is 6.61 Å². The number of hydrogen-bond acceptors (Lipinski definition) is 5. The van der Waals surface area contributed by atoms with Gasteiger partial charge in [-0.2, -0.15) is 5.10 Å². The minimum absolute atomic E-state index is 0.233. The summed E-state index contributed by atoms with van der Waals surface area (Å²) in [6, 6.07) is 11.5. The Balaban J connectivity index is 1.55. The van der Waals surface area contributed by atoms with Gasteiger partial charge in [0.25, 0.3) is 0 Å². The van der Waals surface area contributed by atoms with Gasteiger partial charge in [-0.3, -0.25) is 4.79 Å². The number of carbonyl (C=O) groups is 2. The highest BCUT2D eigenvalue weighted by Gasteiger charge is 2.20.